The molecular formula is C16H20O8S. The van der Waals surface area contributed by atoms with Gasteiger partial charge in [-0.15, -0.1) is 11.8 Å². The molecule has 0 aromatic heterocycles. The van der Waals surface area contributed by atoms with Crippen molar-refractivity contribution in [2.45, 2.75) is 62.6 Å². The fraction of sp³-hybridized carbons (Fsp3) is 0.625. The van der Waals surface area contributed by atoms with Crippen molar-refractivity contribution < 1.29 is 38.1 Å². The number of esters is 4. The number of thioether (sulfide) groups is 1. The third-order valence-electron chi connectivity index (χ3n) is 3.63. The first-order chi connectivity index (χ1) is 11.7. The minimum Gasteiger partial charge on any atom is -0.457 e. The van der Waals surface area contributed by atoms with E-state index < -0.39 is 48.3 Å². The number of carbonyl (C=O) groups is 4. The van der Waals surface area contributed by atoms with E-state index in [1.165, 1.54) is 39.5 Å². The normalized spacial score (nSPS) is 33.1. The van der Waals surface area contributed by atoms with Crippen LogP contribution in [0.4, 0.5) is 0 Å². The quantitative estimate of drug-likeness (QED) is 0.402. The lowest BCUT2D eigenvalue weighted by Crippen LogP contribution is -2.54. The number of fused-ring (bicyclic) bond motifs is 2. The van der Waals surface area contributed by atoms with E-state index >= 15 is 0 Å². The summed E-state index contributed by atoms with van der Waals surface area (Å²) < 4.78 is 21.4. The highest BCUT2D eigenvalue weighted by Gasteiger charge is 2.53. The first-order valence-electron chi connectivity index (χ1n) is 7.71. The molecule has 0 unspecified atom stereocenters. The average molecular weight is 372 g/mol. The lowest BCUT2D eigenvalue weighted by Gasteiger charge is -2.35. The Morgan fingerprint density at radius 2 is 0.880 bits per heavy atom. The highest BCUT2D eigenvalue weighted by atomic mass is 32.2. The zero-order valence-corrected chi connectivity index (χ0v) is 15.1. The Hall–Kier alpha value is -2.03. The molecule has 2 heterocycles. The second-order valence-corrected chi connectivity index (χ2v) is 7.11. The molecule has 8 nitrogen and oxygen atoms in total. The van der Waals surface area contributed by atoms with E-state index in [-0.39, 0.29) is 10.5 Å². The third-order valence-corrected chi connectivity index (χ3v) is 5.11. The first kappa shape index (κ1) is 19.3. The van der Waals surface area contributed by atoms with Crippen molar-refractivity contribution in [2.75, 3.05) is 0 Å². The molecule has 6 atom stereocenters. The van der Waals surface area contributed by atoms with Gasteiger partial charge in [-0.3, -0.25) is 19.2 Å². The van der Waals surface area contributed by atoms with E-state index in [4.69, 9.17) is 18.9 Å². The fourth-order valence-corrected chi connectivity index (χ4v) is 4.37. The van der Waals surface area contributed by atoms with Gasteiger partial charge >= 0.3 is 23.9 Å². The summed E-state index contributed by atoms with van der Waals surface area (Å²) in [4.78, 5) is 46.2. The van der Waals surface area contributed by atoms with Gasteiger partial charge in [-0.05, 0) is 0 Å². The topological polar surface area (TPSA) is 105 Å². The molecule has 0 aliphatic carbocycles. The highest BCUT2D eigenvalue weighted by molar-refractivity contribution is 8.01. The molecule has 0 aromatic carbocycles. The summed E-state index contributed by atoms with van der Waals surface area (Å²) in [6.45, 7) is 4.87. The van der Waals surface area contributed by atoms with E-state index in [1.807, 2.05) is 0 Å². The van der Waals surface area contributed by atoms with Gasteiger partial charge in [-0.25, -0.2) is 0 Å². The molecule has 1 saturated heterocycles. The molecule has 0 N–H and O–H groups in total. The minimum atomic E-state index is -1.10. The summed E-state index contributed by atoms with van der Waals surface area (Å²) in [6.07, 6.45) is -0.334. The van der Waals surface area contributed by atoms with Crippen LogP contribution in [0, 0.1) is 0 Å². The summed E-state index contributed by atoms with van der Waals surface area (Å²) in [6, 6.07) is 0. The Morgan fingerprint density at radius 3 is 1.16 bits per heavy atom. The Kier molecular flexibility index (Phi) is 6.10. The predicted octanol–water partition coefficient (Wildman–Crippen LogP) is 0.767. The summed E-state index contributed by atoms with van der Waals surface area (Å²) in [5.74, 6) is -2.39. The van der Waals surface area contributed by atoms with Crippen LogP contribution in [0.3, 0.4) is 0 Å². The number of carbonyl (C=O) groups excluding carboxylic acids is 4. The van der Waals surface area contributed by atoms with E-state index in [9.17, 15) is 19.2 Å². The first-order valence-corrected chi connectivity index (χ1v) is 8.66. The van der Waals surface area contributed by atoms with Crippen molar-refractivity contribution in [3.63, 3.8) is 0 Å². The second kappa shape index (κ2) is 7.90. The molecule has 0 aromatic rings. The van der Waals surface area contributed by atoms with Gasteiger partial charge in [0, 0.05) is 27.7 Å². The highest BCUT2D eigenvalue weighted by Crippen LogP contribution is 2.42. The van der Waals surface area contributed by atoms with Gasteiger partial charge in [-0.2, -0.15) is 0 Å². The maximum atomic E-state index is 11.6. The van der Waals surface area contributed by atoms with Gasteiger partial charge in [0.15, 0.2) is 24.4 Å². The van der Waals surface area contributed by atoms with Crippen LogP contribution in [0.1, 0.15) is 27.7 Å². The SMILES string of the molecule is CC(=O)O[C@@H]1[C@H](OC(C)=O)[C@@H](OC(C)=O)[C@H]2C=C[C@H](S2)[C@H]1OC(C)=O. The Balaban J connectivity index is 2.46. The summed E-state index contributed by atoms with van der Waals surface area (Å²) in [5.41, 5.74) is 0. The third kappa shape index (κ3) is 4.75. The molecule has 2 rings (SSSR count). The van der Waals surface area contributed by atoms with E-state index in [0.29, 0.717) is 0 Å². The molecule has 138 valence electrons. The summed E-state index contributed by atoms with van der Waals surface area (Å²) in [5, 5.41) is -0.645. The maximum Gasteiger partial charge on any atom is 0.303 e. The van der Waals surface area contributed by atoms with Crippen molar-refractivity contribution in [1.82, 2.24) is 0 Å². The predicted molar refractivity (Wildman–Crippen MR) is 86.5 cm³/mol. The van der Waals surface area contributed by atoms with Crippen LogP contribution in [0.25, 0.3) is 0 Å². The van der Waals surface area contributed by atoms with Crippen molar-refractivity contribution in [2.24, 2.45) is 0 Å². The van der Waals surface area contributed by atoms with E-state index in [0.717, 1.165) is 0 Å². The van der Waals surface area contributed by atoms with Gasteiger partial charge in [0.2, 0.25) is 0 Å². The van der Waals surface area contributed by atoms with Crippen molar-refractivity contribution >= 4 is 35.6 Å². The van der Waals surface area contributed by atoms with Crippen molar-refractivity contribution in [3.05, 3.63) is 12.2 Å². The molecule has 2 bridgehead atoms. The molecule has 2 aliphatic heterocycles. The number of ether oxygens (including phenoxy) is 4. The van der Waals surface area contributed by atoms with E-state index in [2.05, 4.69) is 0 Å². The van der Waals surface area contributed by atoms with Crippen LogP contribution in [0.5, 0.6) is 0 Å². The Morgan fingerprint density at radius 1 is 0.600 bits per heavy atom. The van der Waals surface area contributed by atoms with Crippen LogP contribution in [0.15, 0.2) is 12.2 Å². The smallest absolute Gasteiger partial charge is 0.303 e. The van der Waals surface area contributed by atoms with Crippen molar-refractivity contribution in [1.29, 1.82) is 0 Å². The maximum absolute atomic E-state index is 11.6. The number of hydrogen-bond acceptors (Lipinski definition) is 9. The van der Waals surface area contributed by atoms with Crippen LogP contribution in [-0.4, -0.2) is 58.8 Å². The molecule has 0 saturated carbocycles. The summed E-state index contributed by atoms with van der Waals surface area (Å²) in [7, 11) is 0. The van der Waals surface area contributed by atoms with Crippen LogP contribution < -0.4 is 0 Å². The monoisotopic (exact) mass is 372 g/mol. The van der Waals surface area contributed by atoms with Crippen LogP contribution in [0.2, 0.25) is 0 Å². The summed E-state index contributed by atoms with van der Waals surface area (Å²) >= 11 is 1.39. The molecule has 9 heteroatoms. The molecule has 1 fully saturated rings. The van der Waals surface area contributed by atoms with Gasteiger partial charge in [-0.1, -0.05) is 12.2 Å². The fourth-order valence-electron chi connectivity index (χ4n) is 2.92. The molecule has 0 radical (unpaired) electrons. The number of hydrogen-bond donors (Lipinski definition) is 0. The second-order valence-electron chi connectivity index (χ2n) is 5.75. The molecule has 2 aliphatic rings. The van der Waals surface area contributed by atoms with Crippen molar-refractivity contribution in [3.8, 4) is 0 Å². The molecule has 0 spiro atoms. The number of rotatable bonds is 4. The van der Waals surface area contributed by atoms with Crippen LogP contribution in [-0.2, 0) is 38.1 Å². The lowest BCUT2D eigenvalue weighted by molar-refractivity contribution is -0.196. The van der Waals surface area contributed by atoms with E-state index in [1.54, 1.807) is 12.2 Å². The Labute approximate surface area is 149 Å². The van der Waals surface area contributed by atoms with Crippen LogP contribution >= 0.6 is 11.8 Å². The van der Waals surface area contributed by atoms with Gasteiger partial charge < -0.3 is 18.9 Å². The standard InChI is InChI=1S/C16H20O8S/c1-7(17)21-13-11-5-6-12(25-11)14(22-8(2)18)16(24-10(4)20)15(13)23-9(3)19/h5-6,11-16H,1-4H3/t11-,12+,13+,14-,15-,16+. The molecular weight excluding hydrogens is 352 g/mol. The largest absolute Gasteiger partial charge is 0.457 e. The average Bonchev–Trinajstić information content (AvgIpc) is 2.91. The molecule has 25 heavy (non-hydrogen) atoms. The lowest BCUT2D eigenvalue weighted by atomic mass is 9.94. The zero-order chi connectivity index (χ0) is 18.7. The zero-order valence-electron chi connectivity index (χ0n) is 14.3. The Bertz CT molecular complexity index is 551. The van der Waals surface area contributed by atoms with Gasteiger partial charge in [0.1, 0.15) is 0 Å². The molecule has 0 amide bonds. The van der Waals surface area contributed by atoms with Gasteiger partial charge in [0.05, 0.1) is 10.5 Å². The minimum absolute atomic E-state index is 0.322. The van der Waals surface area contributed by atoms with Gasteiger partial charge in [0.25, 0.3) is 0 Å².